The highest BCUT2D eigenvalue weighted by atomic mass is 16.7. The zero-order chi connectivity index (χ0) is 15.1. The highest BCUT2D eigenvalue weighted by Crippen LogP contribution is 2.43. The van der Waals surface area contributed by atoms with Crippen molar-refractivity contribution in [3.05, 3.63) is 35.4 Å². The maximum Gasteiger partial charge on any atom is 0.345 e. The van der Waals surface area contributed by atoms with Crippen LogP contribution in [0.2, 0.25) is 0 Å². The van der Waals surface area contributed by atoms with Gasteiger partial charge in [0.1, 0.15) is 6.04 Å². The first-order valence-electron chi connectivity index (χ1n) is 6.27. The van der Waals surface area contributed by atoms with Gasteiger partial charge in [-0.05, 0) is 11.1 Å². The van der Waals surface area contributed by atoms with Crippen LogP contribution in [0.3, 0.4) is 0 Å². The Morgan fingerprint density at radius 2 is 1.90 bits per heavy atom. The molecule has 8 heteroatoms. The van der Waals surface area contributed by atoms with E-state index < -0.39 is 36.7 Å². The Labute approximate surface area is 119 Å². The standard InChI is InChI=1S/C13H12N2O6/c16-10(17)6-21-15-9-5-14(13(15)20)11(12(18)19)8-4-2-1-3-7(8)9/h1-4,9,11H,5-6H2,(H,16,17)(H,18,19). The number of hydroxylamine groups is 2. The second kappa shape index (κ2) is 4.74. The summed E-state index contributed by atoms with van der Waals surface area (Å²) in [5.74, 6) is -2.34. The average Bonchev–Trinajstić information content (AvgIpc) is 2.71. The van der Waals surface area contributed by atoms with Crippen molar-refractivity contribution in [2.75, 3.05) is 13.2 Å². The van der Waals surface area contributed by atoms with Crippen LogP contribution >= 0.6 is 0 Å². The molecule has 0 radical (unpaired) electrons. The molecule has 2 bridgehead atoms. The number of urea groups is 1. The Kier molecular flexibility index (Phi) is 3.02. The van der Waals surface area contributed by atoms with Crippen LogP contribution in [-0.4, -0.2) is 51.3 Å². The Morgan fingerprint density at radius 1 is 1.24 bits per heavy atom. The van der Waals surface area contributed by atoms with Gasteiger partial charge in [0.2, 0.25) is 0 Å². The molecule has 2 aliphatic rings. The molecule has 2 N–H and O–H groups in total. The normalized spacial score (nSPS) is 23.1. The number of carboxylic acids is 2. The van der Waals surface area contributed by atoms with Gasteiger partial charge in [-0.1, -0.05) is 24.3 Å². The van der Waals surface area contributed by atoms with E-state index in [9.17, 15) is 19.5 Å². The minimum Gasteiger partial charge on any atom is -0.479 e. The minimum absolute atomic E-state index is 0.159. The van der Waals surface area contributed by atoms with Crippen LogP contribution in [-0.2, 0) is 14.4 Å². The molecule has 1 fully saturated rings. The van der Waals surface area contributed by atoms with Crippen molar-refractivity contribution < 1.29 is 29.4 Å². The molecule has 1 aromatic rings. The molecule has 2 aliphatic heterocycles. The van der Waals surface area contributed by atoms with Crippen LogP contribution in [0.1, 0.15) is 23.2 Å². The number of aliphatic carboxylic acids is 2. The topological polar surface area (TPSA) is 107 Å². The molecular weight excluding hydrogens is 280 g/mol. The quantitative estimate of drug-likeness (QED) is 0.842. The van der Waals surface area contributed by atoms with E-state index in [2.05, 4.69) is 0 Å². The van der Waals surface area contributed by atoms with Gasteiger partial charge in [-0.15, -0.1) is 0 Å². The van der Waals surface area contributed by atoms with Crippen LogP contribution in [0.5, 0.6) is 0 Å². The first-order valence-corrected chi connectivity index (χ1v) is 6.27. The van der Waals surface area contributed by atoms with Crippen LogP contribution in [0, 0.1) is 0 Å². The first-order chi connectivity index (χ1) is 10.0. The van der Waals surface area contributed by atoms with Crippen molar-refractivity contribution in [1.82, 2.24) is 9.96 Å². The van der Waals surface area contributed by atoms with Crippen molar-refractivity contribution in [1.29, 1.82) is 0 Å². The van der Waals surface area contributed by atoms with Gasteiger partial charge in [-0.25, -0.2) is 14.4 Å². The molecule has 2 atom stereocenters. The molecule has 3 rings (SSSR count). The number of fused-ring (bicyclic) bond motifs is 4. The molecule has 110 valence electrons. The monoisotopic (exact) mass is 292 g/mol. The summed E-state index contributed by atoms with van der Waals surface area (Å²) < 4.78 is 0. The molecule has 2 unspecified atom stereocenters. The summed E-state index contributed by atoms with van der Waals surface area (Å²) in [5.41, 5.74) is 1.19. The van der Waals surface area contributed by atoms with E-state index in [0.717, 1.165) is 5.06 Å². The van der Waals surface area contributed by atoms with Gasteiger partial charge in [0.05, 0.1) is 6.54 Å². The number of carboxylic acid groups (broad SMARTS) is 2. The lowest BCUT2D eigenvalue weighted by Crippen LogP contribution is -2.38. The van der Waals surface area contributed by atoms with Crippen LogP contribution in [0.15, 0.2) is 24.3 Å². The Hall–Kier alpha value is -2.61. The molecule has 1 saturated heterocycles. The number of carbonyl (C=O) groups is 3. The smallest absolute Gasteiger partial charge is 0.345 e. The number of hydrogen-bond acceptors (Lipinski definition) is 4. The number of amides is 2. The Bertz CT molecular complexity index is 631. The summed E-state index contributed by atoms with van der Waals surface area (Å²) in [7, 11) is 0. The van der Waals surface area contributed by atoms with Gasteiger partial charge in [0, 0.05) is 0 Å². The lowest BCUT2D eigenvalue weighted by molar-refractivity contribution is -0.167. The minimum atomic E-state index is -1.21. The summed E-state index contributed by atoms with van der Waals surface area (Å²) in [4.78, 5) is 40.5. The maximum absolute atomic E-state index is 12.3. The van der Waals surface area contributed by atoms with Gasteiger partial charge < -0.3 is 15.1 Å². The number of nitrogens with zero attached hydrogens (tertiary/aromatic N) is 2. The Balaban J connectivity index is 2.01. The molecule has 2 amide bonds. The molecular formula is C13H12N2O6. The summed E-state index contributed by atoms with van der Waals surface area (Å²) in [6.07, 6.45) is 0. The molecule has 0 spiro atoms. The average molecular weight is 292 g/mol. The molecule has 21 heavy (non-hydrogen) atoms. The van der Waals surface area contributed by atoms with E-state index >= 15 is 0 Å². The second-order valence-corrected chi connectivity index (χ2v) is 4.81. The molecule has 0 saturated carbocycles. The summed E-state index contributed by atoms with van der Waals surface area (Å²) in [6.45, 7) is -0.498. The number of benzene rings is 1. The van der Waals surface area contributed by atoms with Crippen molar-refractivity contribution in [3.63, 3.8) is 0 Å². The first kappa shape index (κ1) is 13.4. The predicted molar refractivity (Wildman–Crippen MR) is 67.1 cm³/mol. The van der Waals surface area contributed by atoms with Crippen molar-refractivity contribution >= 4 is 18.0 Å². The fourth-order valence-electron chi connectivity index (χ4n) is 2.81. The Morgan fingerprint density at radius 3 is 2.52 bits per heavy atom. The fraction of sp³-hybridized carbons (Fsp3) is 0.308. The zero-order valence-electron chi connectivity index (χ0n) is 10.8. The molecule has 0 aromatic heterocycles. The van der Waals surface area contributed by atoms with Gasteiger partial charge in [0.15, 0.2) is 12.6 Å². The van der Waals surface area contributed by atoms with E-state index in [0.29, 0.717) is 11.1 Å². The SMILES string of the molecule is O=C(O)CON1C(=O)N2CC1c1ccccc1C2C(=O)O. The van der Waals surface area contributed by atoms with E-state index in [1.807, 2.05) is 0 Å². The van der Waals surface area contributed by atoms with E-state index in [1.54, 1.807) is 24.3 Å². The summed E-state index contributed by atoms with van der Waals surface area (Å²) in [5, 5.41) is 19.0. The second-order valence-electron chi connectivity index (χ2n) is 4.81. The maximum atomic E-state index is 12.3. The van der Waals surface area contributed by atoms with Crippen molar-refractivity contribution in [2.45, 2.75) is 12.1 Å². The van der Waals surface area contributed by atoms with E-state index in [-0.39, 0.29) is 6.54 Å². The van der Waals surface area contributed by atoms with Gasteiger partial charge >= 0.3 is 18.0 Å². The van der Waals surface area contributed by atoms with Gasteiger partial charge in [0.25, 0.3) is 0 Å². The fourth-order valence-corrected chi connectivity index (χ4v) is 2.81. The van der Waals surface area contributed by atoms with Gasteiger partial charge in [-0.3, -0.25) is 4.84 Å². The summed E-state index contributed by atoms with van der Waals surface area (Å²) >= 11 is 0. The largest absolute Gasteiger partial charge is 0.479 e. The van der Waals surface area contributed by atoms with E-state index in [4.69, 9.17) is 9.94 Å². The van der Waals surface area contributed by atoms with Crippen LogP contribution in [0.4, 0.5) is 4.79 Å². The molecule has 2 heterocycles. The zero-order valence-corrected chi connectivity index (χ0v) is 10.8. The van der Waals surface area contributed by atoms with Crippen molar-refractivity contribution in [2.24, 2.45) is 0 Å². The molecule has 1 aromatic carbocycles. The number of rotatable bonds is 4. The highest BCUT2D eigenvalue weighted by Gasteiger charge is 2.50. The van der Waals surface area contributed by atoms with Gasteiger partial charge in [-0.2, -0.15) is 5.06 Å². The third-order valence-corrected chi connectivity index (χ3v) is 3.61. The third kappa shape index (κ3) is 2.00. The number of carbonyl (C=O) groups excluding carboxylic acids is 1. The lowest BCUT2D eigenvalue weighted by atomic mass is 9.91. The van der Waals surface area contributed by atoms with E-state index in [1.165, 1.54) is 4.90 Å². The van der Waals surface area contributed by atoms with Crippen LogP contribution < -0.4 is 0 Å². The predicted octanol–water partition coefficient (Wildman–Crippen LogP) is 0.621. The van der Waals surface area contributed by atoms with Crippen LogP contribution in [0.25, 0.3) is 0 Å². The highest BCUT2D eigenvalue weighted by molar-refractivity contribution is 5.87. The summed E-state index contributed by atoms with van der Waals surface area (Å²) in [6, 6.07) is 4.61. The van der Waals surface area contributed by atoms with Crippen molar-refractivity contribution in [3.8, 4) is 0 Å². The lowest BCUT2D eigenvalue weighted by Gasteiger charge is -2.29. The third-order valence-electron chi connectivity index (χ3n) is 3.61. The molecule has 8 nitrogen and oxygen atoms in total. The molecule has 0 aliphatic carbocycles. The number of hydrogen-bond donors (Lipinski definition) is 2.